The van der Waals surface area contributed by atoms with Crippen molar-refractivity contribution in [3.05, 3.63) is 206 Å². The summed E-state index contributed by atoms with van der Waals surface area (Å²) < 4.78 is 5.05. The largest absolute Gasteiger partial charge is 0.310 e. The zero-order valence-corrected chi connectivity index (χ0v) is 31.7. The Hall–Kier alpha value is -7.20. The molecule has 0 spiro atoms. The molecule has 0 fully saturated rings. The van der Waals surface area contributed by atoms with Gasteiger partial charge in [0.1, 0.15) is 0 Å². The number of hydrogen-bond acceptors (Lipinski definition) is 2. The van der Waals surface area contributed by atoms with Crippen molar-refractivity contribution in [2.45, 2.75) is 0 Å². The maximum absolute atomic E-state index is 2.47. The standard InChI is InChI=1S/C54H34N2S/c1-3-14-38-31-40(22-21-35(38)11-1)44-16-7-9-19-50(44)55(43-27-30-48-49-28-24-37-13-5-6-17-45(37)54(49)57-53(48)34-43)42-26-29-47-46-18-8-10-20-51(46)56(52(47)33-42)41-25-23-36-12-2-4-15-39(36)32-41/h1-34H. The maximum atomic E-state index is 2.47. The third-order valence-corrected chi connectivity index (χ3v) is 12.9. The van der Waals surface area contributed by atoms with Crippen molar-refractivity contribution in [3.8, 4) is 16.8 Å². The highest BCUT2D eigenvalue weighted by Crippen LogP contribution is 2.46. The lowest BCUT2D eigenvalue weighted by Gasteiger charge is -2.28. The van der Waals surface area contributed by atoms with Crippen molar-refractivity contribution in [1.82, 2.24) is 4.57 Å². The van der Waals surface area contributed by atoms with Crippen LogP contribution in [0.3, 0.4) is 0 Å². The molecule has 0 radical (unpaired) electrons. The van der Waals surface area contributed by atoms with Gasteiger partial charge in [-0.25, -0.2) is 0 Å². The van der Waals surface area contributed by atoms with E-state index in [-0.39, 0.29) is 0 Å². The van der Waals surface area contributed by atoms with Gasteiger partial charge in [0.05, 0.1) is 16.7 Å². The fraction of sp³-hybridized carbons (Fsp3) is 0. The Bertz CT molecular complexity index is 3550. The van der Waals surface area contributed by atoms with Crippen LogP contribution in [-0.2, 0) is 0 Å². The zero-order valence-electron chi connectivity index (χ0n) is 30.9. The highest BCUT2D eigenvalue weighted by molar-refractivity contribution is 7.26. The number of anilines is 3. The van der Waals surface area contributed by atoms with Crippen LogP contribution >= 0.6 is 11.3 Å². The quantitative estimate of drug-likeness (QED) is 0.170. The number of benzene rings is 10. The Morgan fingerprint density at radius 3 is 1.81 bits per heavy atom. The van der Waals surface area contributed by atoms with E-state index in [1.807, 2.05) is 11.3 Å². The smallest absolute Gasteiger partial charge is 0.0561 e. The molecule has 2 heterocycles. The van der Waals surface area contributed by atoms with E-state index in [9.17, 15) is 0 Å². The van der Waals surface area contributed by atoms with Crippen LogP contribution in [0.2, 0.25) is 0 Å². The van der Waals surface area contributed by atoms with E-state index in [1.165, 1.54) is 85.4 Å². The lowest BCUT2D eigenvalue weighted by atomic mass is 9.98. The summed E-state index contributed by atoms with van der Waals surface area (Å²) in [6.07, 6.45) is 0. The number of hydrogen-bond donors (Lipinski definition) is 0. The Kier molecular flexibility index (Phi) is 7.13. The predicted molar refractivity (Wildman–Crippen MR) is 246 cm³/mol. The molecule has 0 saturated carbocycles. The molecule has 2 aromatic heterocycles. The van der Waals surface area contributed by atoms with E-state index < -0.39 is 0 Å². The third-order valence-electron chi connectivity index (χ3n) is 11.7. The van der Waals surface area contributed by atoms with Crippen LogP contribution in [0.5, 0.6) is 0 Å². The first-order chi connectivity index (χ1) is 28.2. The summed E-state index contributed by atoms with van der Waals surface area (Å²) in [6, 6.07) is 75.9. The van der Waals surface area contributed by atoms with Crippen molar-refractivity contribution in [2.75, 3.05) is 4.90 Å². The Morgan fingerprint density at radius 2 is 0.965 bits per heavy atom. The molecule has 0 N–H and O–H groups in total. The van der Waals surface area contributed by atoms with Gasteiger partial charge in [0.15, 0.2) is 0 Å². The molecule has 12 aromatic rings. The van der Waals surface area contributed by atoms with E-state index in [0.29, 0.717) is 0 Å². The normalized spacial score (nSPS) is 11.9. The monoisotopic (exact) mass is 742 g/mol. The first kappa shape index (κ1) is 32.1. The van der Waals surface area contributed by atoms with Crippen molar-refractivity contribution >= 4 is 103 Å². The summed E-state index contributed by atoms with van der Waals surface area (Å²) >= 11 is 1.89. The summed E-state index contributed by atoms with van der Waals surface area (Å²) in [7, 11) is 0. The topological polar surface area (TPSA) is 8.17 Å². The minimum absolute atomic E-state index is 1.10. The minimum atomic E-state index is 1.10. The molecule has 0 atom stereocenters. The molecule has 3 heteroatoms. The van der Waals surface area contributed by atoms with Gasteiger partial charge in [-0.3, -0.25) is 0 Å². The fourth-order valence-corrected chi connectivity index (χ4v) is 10.3. The van der Waals surface area contributed by atoms with Gasteiger partial charge in [0, 0.05) is 53.6 Å². The zero-order chi connectivity index (χ0) is 37.5. The molecular weight excluding hydrogens is 709 g/mol. The molecule has 0 bridgehead atoms. The molecular formula is C54H34N2S. The molecule has 266 valence electrons. The second-order valence-electron chi connectivity index (χ2n) is 14.9. The lowest BCUT2D eigenvalue weighted by Crippen LogP contribution is -2.11. The van der Waals surface area contributed by atoms with Crippen LogP contribution in [0.1, 0.15) is 0 Å². The number of para-hydroxylation sites is 2. The molecule has 0 amide bonds. The van der Waals surface area contributed by atoms with Crippen LogP contribution in [-0.4, -0.2) is 4.57 Å². The van der Waals surface area contributed by atoms with Gasteiger partial charge >= 0.3 is 0 Å². The van der Waals surface area contributed by atoms with E-state index in [0.717, 1.165) is 22.7 Å². The summed E-state index contributed by atoms with van der Waals surface area (Å²) in [4.78, 5) is 2.47. The molecule has 0 aliphatic carbocycles. The summed E-state index contributed by atoms with van der Waals surface area (Å²) in [5.74, 6) is 0. The third kappa shape index (κ3) is 5.10. The molecule has 10 aromatic carbocycles. The van der Waals surface area contributed by atoms with Gasteiger partial charge in [0.25, 0.3) is 0 Å². The summed E-state index contributed by atoms with van der Waals surface area (Å²) in [5.41, 5.74) is 9.25. The van der Waals surface area contributed by atoms with Gasteiger partial charge in [-0.2, -0.15) is 0 Å². The number of nitrogens with zero attached hydrogens (tertiary/aromatic N) is 2. The molecule has 0 unspecified atom stereocenters. The molecule has 0 aliphatic heterocycles. The maximum Gasteiger partial charge on any atom is 0.0561 e. The Morgan fingerprint density at radius 1 is 0.368 bits per heavy atom. The second kappa shape index (κ2) is 12.7. The predicted octanol–water partition coefficient (Wildman–Crippen LogP) is 15.7. The number of aromatic nitrogens is 1. The van der Waals surface area contributed by atoms with Crippen molar-refractivity contribution in [3.63, 3.8) is 0 Å². The van der Waals surface area contributed by atoms with E-state index in [2.05, 4.69) is 216 Å². The first-order valence-corrected chi connectivity index (χ1v) is 20.3. The number of thiophene rings is 1. The SMILES string of the molecule is c1ccc(N(c2ccc3c(c2)sc2c4ccccc4ccc32)c2ccc3c4ccccc4n(-c4ccc5ccccc5c4)c3c2)c(-c2ccc3ccccc3c2)c1. The van der Waals surface area contributed by atoms with Crippen LogP contribution in [0.4, 0.5) is 17.1 Å². The van der Waals surface area contributed by atoms with Crippen LogP contribution < -0.4 is 4.90 Å². The first-order valence-electron chi connectivity index (χ1n) is 19.5. The lowest BCUT2D eigenvalue weighted by molar-refractivity contribution is 1.18. The highest BCUT2D eigenvalue weighted by Gasteiger charge is 2.21. The van der Waals surface area contributed by atoms with E-state index in [4.69, 9.17) is 0 Å². The molecule has 0 saturated heterocycles. The summed E-state index contributed by atoms with van der Waals surface area (Å²) in [6.45, 7) is 0. The average molecular weight is 743 g/mol. The second-order valence-corrected chi connectivity index (χ2v) is 16.0. The molecule has 12 rings (SSSR count). The van der Waals surface area contributed by atoms with E-state index >= 15 is 0 Å². The molecule has 57 heavy (non-hydrogen) atoms. The molecule has 0 aliphatic rings. The number of fused-ring (bicyclic) bond motifs is 10. The van der Waals surface area contributed by atoms with E-state index in [1.54, 1.807) is 0 Å². The van der Waals surface area contributed by atoms with Crippen LogP contribution in [0.25, 0.3) is 91.1 Å². The number of rotatable bonds is 5. The van der Waals surface area contributed by atoms with Crippen LogP contribution in [0, 0.1) is 0 Å². The van der Waals surface area contributed by atoms with Crippen molar-refractivity contribution in [1.29, 1.82) is 0 Å². The van der Waals surface area contributed by atoms with Gasteiger partial charge in [-0.05, 0) is 92.5 Å². The van der Waals surface area contributed by atoms with Gasteiger partial charge in [-0.1, -0.05) is 152 Å². The average Bonchev–Trinajstić information content (AvgIpc) is 3.82. The fourth-order valence-electron chi connectivity index (χ4n) is 9.02. The van der Waals surface area contributed by atoms with Gasteiger partial charge in [-0.15, -0.1) is 11.3 Å². The summed E-state index contributed by atoms with van der Waals surface area (Å²) in [5, 5.41) is 12.6. The van der Waals surface area contributed by atoms with Gasteiger partial charge in [0.2, 0.25) is 0 Å². The van der Waals surface area contributed by atoms with Crippen molar-refractivity contribution < 1.29 is 0 Å². The Balaban J connectivity index is 1.12. The highest BCUT2D eigenvalue weighted by atomic mass is 32.1. The minimum Gasteiger partial charge on any atom is -0.310 e. The van der Waals surface area contributed by atoms with Crippen LogP contribution in [0.15, 0.2) is 206 Å². The van der Waals surface area contributed by atoms with Gasteiger partial charge < -0.3 is 9.47 Å². The molecule has 2 nitrogen and oxygen atoms in total. The Labute approximate surface area is 333 Å². The van der Waals surface area contributed by atoms with Crippen molar-refractivity contribution in [2.24, 2.45) is 0 Å².